The summed E-state index contributed by atoms with van der Waals surface area (Å²) in [6.45, 7) is 8.01. The number of nitrogens with one attached hydrogen (secondary N) is 1. The molecule has 8 nitrogen and oxygen atoms in total. The fraction of sp³-hybridized carbons (Fsp3) is 0.520. The topological polar surface area (TPSA) is 87.7 Å². The van der Waals surface area contributed by atoms with Crippen molar-refractivity contribution >= 4 is 29.4 Å². The largest absolute Gasteiger partial charge is 0.376 e. The van der Waals surface area contributed by atoms with Crippen LogP contribution in [-0.2, 0) is 21.7 Å². The van der Waals surface area contributed by atoms with Gasteiger partial charge in [0.2, 0.25) is 5.91 Å². The molecular formula is C25H33N5O3S. The van der Waals surface area contributed by atoms with Crippen LogP contribution in [0.2, 0.25) is 0 Å². The van der Waals surface area contributed by atoms with Crippen molar-refractivity contribution in [1.82, 2.24) is 20.2 Å². The molecule has 0 saturated carbocycles. The summed E-state index contributed by atoms with van der Waals surface area (Å²) >= 11 is 1.58. The number of nitrogens with zero attached hydrogens (tertiary/aromatic N) is 4. The normalized spacial score (nSPS) is 18.2. The number of piperazine rings is 1. The molecule has 182 valence electrons. The van der Waals surface area contributed by atoms with E-state index in [4.69, 9.17) is 14.7 Å². The van der Waals surface area contributed by atoms with Crippen LogP contribution in [0.3, 0.4) is 0 Å². The molecule has 0 aliphatic carbocycles. The van der Waals surface area contributed by atoms with Gasteiger partial charge in [-0.15, -0.1) is 0 Å². The first-order valence-corrected chi connectivity index (χ1v) is 13.0. The van der Waals surface area contributed by atoms with Gasteiger partial charge in [0, 0.05) is 69.3 Å². The molecule has 2 aliphatic heterocycles. The average Bonchev–Trinajstić information content (AvgIpc) is 3.40. The van der Waals surface area contributed by atoms with Crippen LogP contribution in [0.5, 0.6) is 0 Å². The Balaban J connectivity index is 1.37. The van der Waals surface area contributed by atoms with Gasteiger partial charge in [-0.3, -0.25) is 9.59 Å². The highest BCUT2D eigenvalue weighted by atomic mass is 32.2. The third-order valence-corrected chi connectivity index (χ3v) is 7.15. The smallest absolute Gasteiger partial charge is 0.251 e. The Morgan fingerprint density at radius 3 is 2.71 bits per heavy atom. The van der Waals surface area contributed by atoms with E-state index in [9.17, 15) is 9.59 Å². The van der Waals surface area contributed by atoms with Crippen LogP contribution in [0.1, 0.15) is 48.3 Å². The molecule has 2 amide bonds. The summed E-state index contributed by atoms with van der Waals surface area (Å²) in [5.41, 5.74) is 2.71. The fourth-order valence-electron chi connectivity index (χ4n) is 4.18. The van der Waals surface area contributed by atoms with E-state index in [1.807, 2.05) is 35.2 Å². The van der Waals surface area contributed by atoms with Crippen molar-refractivity contribution in [2.45, 2.75) is 50.1 Å². The Labute approximate surface area is 205 Å². The summed E-state index contributed by atoms with van der Waals surface area (Å²) < 4.78 is 5.59. The number of hydrogen-bond donors (Lipinski definition) is 1. The first-order valence-electron chi connectivity index (χ1n) is 12.0. The summed E-state index contributed by atoms with van der Waals surface area (Å²) in [5, 5.41) is 3.72. The van der Waals surface area contributed by atoms with E-state index in [2.05, 4.69) is 17.1 Å². The minimum atomic E-state index is -0.0708. The van der Waals surface area contributed by atoms with Gasteiger partial charge in [0.05, 0.1) is 6.10 Å². The monoisotopic (exact) mass is 483 g/mol. The number of aromatic nitrogens is 2. The highest BCUT2D eigenvalue weighted by Crippen LogP contribution is 2.24. The number of carbonyl (C=O) groups excluding carboxylic acids is 2. The maximum atomic E-state index is 12.6. The van der Waals surface area contributed by atoms with Crippen LogP contribution in [0, 0.1) is 0 Å². The number of benzene rings is 1. The Morgan fingerprint density at radius 1 is 1.18 bits per heavy atom. The summed E-state index contributed by atoms with van der Waals surface area (Å²) in [5.74, 6) is 1.64. The van der Waals surface area contributed by atoms with E-state index in [0.29, 0.717) is 31.0 Å². The van der Waals surface area contributed by atoms with Gasteiger partial charge < -0.3 is 19.9 Å². The molecule has 2 aliphatic rings. The molecule has 2 saturated heterocycles. The predicted octanol–water partition coefficient (Wildman–Crippen LogP) is 2.91. The lowest BCUT2D eigenvalue weighted by atomic mass is 10.1. The van der Waals surface area contributed by atoms with Gasteiger partial charge >= 0.3 is 0 Å². The molecule has 0 unspecified atom stereocenters. The van der Waals surface area contributed by atoms with Crippen molar-refractivity contribution in [2.75, 3.05) is 44.2 Å². The van der Waals surface area contributed by atoms with Gasteiger partial charge in [-0.25, -0.2) is 9.97 Å². The van der Waals surface area contributed by atoms with Crippen LogP contribution in [0.4, 0.5) is 5.82 Å². The molecule has 1 atom stereocenters. The zero-order valence-corrected chi connectivity index (χ0v) is 20.8. The molecule has 4 rings (SSSR count). The zero-order valence-electron chi connectivity index (χ0n) is 20.0. The molecule has 9 heteroatoms. The molecule has 2 fully saturated rings. The first kappa shape index (κ1) is 24.5. The first-order chi connectivity index (χ1) is 16.5. The Morgan fingerprint density at radius 2 is 2.00 bits per heavy atom. The SMILES string of the molecule is CCc1cc(N2CCN(C(C)=O)CC2)nc(SCc2cccc(C(=O)NC[C@@H]3CCCO3)c2)n1. The van der Waals surface area contributed by atoms with E-state index in [1.165, 1.54) is 0 Å². The van der Waals surface area contributed by atoms with Crippen molar-refractivity contribution in [1.29, 1.82) is 0 Å². The second kappa shape index (κ2) is 11.7. The standard InChI is InChI=1S/C25H33N5O3S/c1-3-21-15-23(30-11-9-29(10-12-30)18(2)31)28-25(27-21)34-17-19-6-4-7-20(14-19)24(32)26-16-22-8-5-13-33-22/h4,6-7,14-15,22H,3,5,8-13,16-17H2,1-2H3,(H,26,32)/t22-/m0/s1. The van der Waals surface area contributed by atoms with Gasteiger partial charge in [0.25, 0.3) is 5.91 Å². The van der Waals surface area contributed by atoms with Crippen LogP contribution >= 0.6 is 11.8 Å². The lowest BCUT2D eigenvalue weighted by molar-refractivity contribution is -0.129. The van der Waals surface area contributed by atoms with Crippen LogP contribution in [0.15, 0.2) is 35.5 Å². The Hall–Kier alpha value is -2.65. The van der Waals surface area contributed by atoms with E-state index in [0.717, 1.165) is 61.2 Å². The highest BCUT2D eigenvalue weighted by molar-refractivity contribution is 7.98. The van der Waals surface area contributed by atoms with Crippen molar-refractivity contribution < 1.29 is 14.3 Å². The summed E-state index contributed by atoms with van der Waals surface area (Å²) in [4.78, 5) is 37.8. The number of amides is 2. The van der Waals surface area contributed by atoms with Gasteiger partial charge in [-0.05, 0) is 37.0 Å². The minimum Gasteiger partial charge on any atom is -0.376 e. The maximum absolute atomic E-state index is 12.6. The van der Waals surface area contributed by atoms with Crippen LogP contribution in [-0.4, -0.2) is 72.1 Å². The predicted molar refractivity (Wildman–Crippen MR) is 133 cm³/mol. The second-order valence-electron chi connectivity index (χ2n) is 8.68. The number of aryl methyl sites for hydroxylation is 1. The molecule has 0 bridgehead atoms. The number of carbonyl (C=O) groups is 2. The molecule has 1 N–H and O–H groups in total. The maximum Gasteiger partial charge on any atom is 0.251 e. The van der Waals surface area contributed by atoms with Crippen molar-refractivity contribution in [3.8, 4) is 0 Å². The third kappa shape index (κ3) is 6.48. The van der Waals surface area contributed by atoms with Gasteiger partial charge in [-0.2, -0.15) is 0 Å². The zero-order chi connectivity index (χ0) is 23.9. The van der Waals surface area contributed by atoms with E-state index in [-0.39, 0.29) is 17.9 Å². The van der Waals surface area contributed by atoms with Gasteiger partial charge in [0.15, 0.2) is 5.16 Å². The molecule has 34 heavy (non-hydrogen) atoms. The van der Waals surface area contributed by atoms with E-state index in [1.54, 1.807) is 18.7 Å². The number of anilines is 1. The summed E-state index contributed by atoms with van der Waals surface area (Å²) in [6.07, 6.45) is 3.02. The Bertz CT molecular complexity index is 1000. The highest BCUT2D eigenvalue weighted by Gasteiger charge is 2.21. The van der Waals surface area contributed by atoms with Crippen molar-refractivity contribution in [3.05, 3.63) is 47.2 Å². The number of thioether (sulfide) groups is 1. The van der Waals surface area contributed by atoms with Crippen LogP contribution < -0.4 is 10.2 Å². The van der Waals surface area contributed by atoms with Crippen LogP contribution in [0.25, 0.3) is 0 Å². The molecule has 1 aromatic heterocycles. The molecule has 3 heterocycles. The molecule has 0 spiro atoms. The lowest BCUT2D eigenvalue weighted by Crippen LogP contribution is -2.48. The van der Waals surface area contributed by atoms with Gasteiger partial charge in [0.1, 0.15) is 5.82 Å². The molecule has 0 radical (unpaired) electrons. The molecule has 1 aromatic carbocycles. The molecule has 2 aromatic rings. The number of rotatable bonds is 8. The lowest BCUT2D eigenvalue weighted by Gasteiger charge is -2.35. The fourth-order valence-corrected chi connectivity index (χ4v) is 5.00. The van der Waals surface area contributed by atoms with E-state index < -0.39 is 0 Å². The van der Waals surface area contributed by atoms with Gasteiger partial charge in [-0.1, -0.05) is 30.8 Å². The summed E-state index contributed by atoms with van der Waals surface area (Å²) in [7, 11) is 0. The van der Waals surface area contributed by atoms with Crippen molar-refractivity contribution in [2.24, 2.45) is 0 Å². The second-order valence-corrected chi connectivity index (χ2v) is 9.62. The van der Waals surface area contributed by atoms with E-state index >= 15 is 0 Å². The Kier molecular flexibility index (Phi) is 8.39. The number of ether oxygens (including phenoxy) is 1. The average molecular weight is 484 g/mol. The molecular weight excluding hydrogens is 450 g/mol. The summed E-state index contributed by atoms with van der Waals surface area (Å²) in [6, 6.07) is 9.76. The van der Waals surface area contributed by atoms with Crippen molar-refractivity contribution in [3.63, 3.8) is 0 Å². The third-order valence-electron chi connectivity index (χ3n) is 6.23. The number of hydrogen-bond acceptors (Lipinski definition) is 7. The quantitative estimate of drug-likeness (QED) is 0.456. The minimum absolute atomic E-state index is 0.0708.